The van der Waals surface area contributed by atoms with Gasteiger partial charge in [0, 0.05) is 6.20 Å². The monoisotopic (exact) mass is 757 g/mol. The van der Waals surface area contributed by atoms with Crippen LogP contribution in [0.4, 0.5) is 17.6 Å². The van der Waals surface area contributed by atoms with Gasteiger partial charge in [-0.25, -0.2) is 24.7 Å². The Bertz CT molecular complexity index is 2280. The molecule has 25 nitrogen and oxygen atoms in total. The van der Waals surface area contributed by atoms with Crippen molar-refractivity contribution in [1.29, 1.82) is 0 Å². The quantitative estimate of drug-likeness (QED) is 0.0643. The fraction of sp³-hybridized carbons (Fsp3) is 0.517. The molecule has 25 heteroatoms. The summed E-state index contributed by atoms with van der Waals surface area (Å²) in [6, 6.07) is 1.32. The number of aromatic nitrogens is 10. The van der Waals surface area contributed by atoms with Crippen molar-refractivity contribution in [3.8, 4) is 0 Å². The summed E-state index contributed by atoms with van der Waals surface area (Å²) < 4.78 is 33.8. The van der Waals surface area contributed by atoms with Crippen molar-refractivity contribution in [2.75, 3.05) is 37.0 Å². The smallest absolute Gasteiger partial charge is 0.351 e. The van der Waals surface area contributed by atoms with E-state index in [1.165, 1.54) is 40.4 Å². The number of aliphatic hydroxyl groups is 5. The molecule has 3 aliphatic rings. The first-order valence-electron chi connectivity index (χ1n) is 16.5. The molecule has 0 radical (unpaired) electrons. The second kappa shape index (κ2) is 13.9. The molecule has 0 amide bonds. The SMILES string of the molecule is Nc1ccn([C@@H]2O[C@H](CO[C@H]3[C@@H](O)[C@H](n4cnc5c(=O)[nH]c(N)nc54)O[C@@H]3CO[C@H]3[C@@H](O)[C@H](n4cnc5c(N)ncnc54)O[C@@H]3CO)[C@@H](O)[C@H]2O)c(=O)n1. The average Bonchev–Trinajstić information content (AvgIpc) is 3.95. The maximum Gasteiger partial charge on any atom is 0.351 e. The first-order valence-corrected chi connectivity index (χ1v) is 16.5. The molecule has 12 atom stereocenters. The molecule has 3 fully saturated rings. The Labute approximate surface area is 300 Å². The van der Waals surface area contributed by atoms with Crippen molar-refractivity contribution in [1.82, 2.24) is 48.6 Å². The molecule has 8 heterocycles. The van der Waals surface area contributed by atoms with E-state index in [1.54, 1.807) is 0 Å². The highest BCUT2D eigenvalue weighted by Crippen LogP contribution is 2.37. The molecule has 5 aromatic heterocycles. The lowest BCUT2D eigenvalue weighted by atomic mass is 10.1. The van der Waals surface area contributed by atoms with Gasteiger partial charge in [0.05, 0.1) is 32.5 Å². The first kappa shape index (κ1) is 35.8. The van der Waals surface area contributed by atoms with Gasteiger partial charge in [-0.2, -0.15) is 9.97 Å². The fourth-order valence-corrected chi connectivity index (χ4v) is 6.91. The van der Waals surface area contributed by atoms with Crippen LogP contribution in [0.15, 0.2) is 40.8 Å². The molecular formula is C29H35N13O12. The third-order valence-electron chi connectivity index (χ3n) is 9.55. The summed E-state index contributed by atoms with van der Waals surface area (Å²) in [5, 5.41) is 54.8. The van der Waals surface area contributed by atoms with Crippen LogP contribution in [0.5, 0.6) is 0 Å². The van der Waals surface area contributed by atoms with E-state index in [0.29, 0.717) is 0 Å². The van der Waals surface area contributed by atoms with Crippen molar-refractivity contribution in [3.63, 3.8) is 0 Å². The lowest BCUT2D eigenvalue weighted by molar-refractivity contribution is -0.131. The van der Waals surface area contributed by atoms with Crippen molar-refractivity contribution >= 4 is 39.9 Å². The number of hydrogen-bond acceptors (Lipinski definition) is 21. The number of fused-ring (bicyclic) bond motifs is 2. The van der Waals surface area contributed by atoms with Crippen molar-refractivity contribution < 1.29 is 49.2 Å². The van der Waals surface area contributed by atoms with E-state index in [2.05, 4.69) is 34.9 Å². The summed E-state index contributed by atoms with van der Waals surface area (Å²) >= 11 is 0. The zero-order valence-electron chi connectivity index (χ0n) is 27.8. The van der Waals surface area contributed by atoms with E-state index >= 15 is 0 Å². The minimum atomic E-state index is -1.58. The highest BCUT2D eigenvalue weighted by atomic mass is 16.6. The second-order valence-electron chi connectivity index (χ2n) is 12.8. The van der Waals surface area contributed by atoms with Crippen LogP contribution in [0.3, 0.4) is 0 Å². The molecule has 5 aromatic rings. The van der Waals surface area contributed by atoms with E-state index < -0.39 is 98.1 Å². The van der Waals surface area contributed by atoms with Crippen LogP contribution in [0.1, 0.15) is 18.7 Å². The lowest BCUT2D eigenvalue weighted by Gasteiger charge is -2.26. The topological polar surface area (TPSA) is 367 Å². The Hall–Kier alpha value is -5.22. The van der Waals surface area contributed by atoms with Crippen LogP contribution in [-0.4, -0.2) is 149 Å². The normalized spacial score (nSPS) is 32.7. The number of anilines is 3. The minimum absolute atomic E-state index is 0.0107. The van der Waals surface area contributed by atoms with Gasteiger partial charge in [0.1, 0.15) is 72.6 Å². The molecule has 8 rings (SSSR count). The average molecular weight is 758 g/mol. The number of H-pyrrole nitrogens is 1. The van der Waals surface area contributed by atoms with E-state index in [-0.39, 0.29) is 46.5 Å². The molecule has 0 bridgehead atoms. The number of aliphatic hydroxyl groups excluding tert-OH is 5. The predicted octanol–water partition coefficient (Wildman–Crippen LogP) is -5.14. The minimum Gasteiger partial charge on any atom is -0.394 e. The zero-order chi connectivity index (χ0) is 38.0. The van der Waals surface area contributed by atoms with Crippen molar-refractivity contribution in [3.05, 3.63) is 52.1 Å². The van der Waals surface area contributed by atoms with Crippen LogP contribution >= 0.6 is 0 Å². The van der Waals surface area contributed by atoms with Gasteiger partial charge >= 0.3 is 5.69 Å². The second-order valence-corrected chi connectivity index (χ2v) is 12.8. The molecule has 0 aromatic carbocycles. The van der Waals surface area contributed by atoms with E-state index in [4.69, 9.17) is 40.9 Å². The number of nitrogen functional groups attached to an aromatic ring is 3. The third-order valence-corrected chi connectivity index (χ3v) is 9.55. The van der Waals surface area contributed by atoms with Gasteiger partial charge in [-0.1, -0.05) is 0 Å². The van der Waals surface area contributed by atoms with Crippen LogP contribution in [0.2, 0.25) is 0 Å². The summed E-state index contributed by atoms with van der Waals surface area (Å²) in [6.07, 6.45) is -10.6. The molecule has 12 N–H and O–H groups in total. The number of aromatic amines is 1. The number of nitrogens with two attached hydrogens (primary N) is 3. The number of imidazole rings is 2. The molecule has 54 heavy (non-hydrogen) atoms. The molecule has 3 aliphatic heterocycles. The summed E-state index contributed by atoms with van der Waals surface area (Å²) in [4.78, 5) is 51.4. The number of ether oxygens (including phenoxy) is 5. The molecule has 0 saturated carbocycles. The molecule has 3 saturated heterocycles. The summed E-state index contributed by atoms with van der Waals surface area (Å²) in [7, 11) is 0. The summed E-state index contributed by atoms with van der Waals surface area (Å²) in [6.45, 7) is -1.37. The summed E-state index contributed by atoms with van der Waals surface area (Å²) in [5.41, 5.74) is 16.2. The van der Waals surface area contributed by atoms with Gasteiger partial charge in [-0.15, -0.1) is 0 Å². The fourth-order valence-electron chi connectivity index (χ4n) is 6.91. The highest BCUT2D eigenvalue weighted by molar-refractivity contribution is 5.81. The molecular weight excluding hydrogens is 722 g/mol. The Morgan fingerprint density at radius 3 is 2.04 bits per heavy atom. The van der Waals surface area contributed by atoms with Crippen molar-refractivity contribution in [2.24, 2.45) is 0 Å². The van der Waals surface area contributed by atoms with Gasteiger partial charge in [0.15, 0.2) is 41.3 Å². The number of hydrogen-bond donors (Lipinski definition) is 9. The van der Waals surface area contributed by atoms with E-state index in [9.17, 15) is 35.1 Å². The highest BCUT2D eigenvalue weighted by Gasteiger charge is 2.51. The Kier molecular flexibility index (Phi) is 9.20. The lowest BCUT2D eigenvalue weighted by Crippen LogP contribution is -2.43. The van der Waals surface area contributed by atoms with Gasteiger partial charge < -0.3 is 66.4 Å². The van der Waals surface area contributed by atoms with Crippen LogP contribution in [-0.2, 0) is 23.7 Å². The molecule has 288 valence electrons. The standard InChI is InChI=1S/C29H35N13O12/c30-12-1-2-40(29(49)37-12)25-16(45)15(44)10(53-25)4-50-20-11(54-27(18(20)47)42-8-36-14-23(42)38-28(32)39-24(14)48)5-51-19-9(3-43)52-26(17(19)46)41-7-35-13-21(31)33-6-34-22(13)41/h1-2,6-11,15-20,25-27,43-47H,3-5H2,(H2,30,37,49)(H2,31,33,34)(H3,32,38,39,48)/t9-,10-,11-,15-,16-,17-,18-,19-,20-,25-,26-,27-/m1/s1. The van der Waals surface area contributed by atoms with E-state index in [1.807, 2.05) is 0 Å². The molecule has 0 unspecified atom stereocenters. The maximum atomic E-state index is 12.5. The van der Waals surface area contributed by atoms with Crippen LogP contribution in [0, 0.1) is 0 Å². The van der Waals surface area contributed by atoms with Crippen LogP contribution in [0.25, 0.3) is 22.3 Å². The number of nitrogens with one attached hydrogen (secondary N) is 1. The summed E-state index contributed by atoms with van der Waals surface area (Å²) in [5.74, 6) is -0.159. The van der Waals surface area contributed by atoms with E-state index in [0.717, 1.165) is 4.57 Å². The van der Waals surface area contributed by atoms with Gasteiger partial charge in [-0.3, -0.25) is 23.5 Å². The van der Waals surface area contributed by atoms with Gasteiger partial charge in [0.25, 0.3) is 5.56 Å². The van der Waals surface area contributed by atoms with Gasteiger partial charge in [0.2, 0.25) is 5.95 Å². The zero-order valence-corrected chi connectivity index (χ0v) is 27.8. The Balaban J connectivity index is 1.04. The van der Waals surface area contributed by atoms with Gasteiger partial charge in [-0.05, 0) is 6.07 Å². The Morgan fingerprint density at radius 2 is 1.33 bits per heavy atom. The van der Waals surface area contributed by atoms with Crippen molar-refractivity contribution in [2.45, 2.75) is 73.6 Å². The first-order chi connectivity index (χ1) is 25.9. The number of nitrogens with zero attached hydrogens (tertiary/aromatic N) is 9. The van der Waals surface area contributed by atoms with Crippen LogP contribution < -0.4 is 28.5 Å². The largest absolute Gasteiger partial charge is 0.394 e. The third kappa shape index (κ3) is 6.00. The molecule has 0 aliphatic carbocycles. The Morgan fingerprint density at radius 1 is 0.722 bits per heavy atom. The number of rotatable bonds is 10. The molecule has 0 spiro atoms. The maximum absolute atomic E-state index is 12.5. The predicted molar refractivity (Wildman–Crippen MR) is 178 cm³/mol.